The molecule has 0 amide bonds. The molecule has 1 aliphatic heterocycles. The number of ether oxygens (including phenoxy) is 2. The highest BCUT2D eigenvalue weighted by atomic mass is 16.5. The molecule has 2 N–H and O–H groups in total. The summed E-state index contributed by atoms with van der Waals surface area (Å²) in [5, 5.41) is 9.86. The minimum Gasteiger partial charge on any atom is -0.463 e. The Labute approximate surface area is 186 Å². The molecule has 1 atom stereocenters. The number of allylic oxidation sites excluding steroid dienone is 2. The van der Waals surface area contributed by atoms with E-state index in [0.717, 1.165) is 56.4 Å². The average Bonchev–Trinajstić information content (AvgIpc) is 2.75. The molecular formula is C25H35N3O3. The van der Waals surface area contributed by atoms with Crippen LogP contribution in [0.4, 0.5) is 0 Å². The Bertz CT molecular complexity index is 859. The van der Waals surface area contributed by atoms with E-state index in [9.17, 15) is 10.1 Å². The number of hydrogen-bond donors (Lipinski definition) is 1. The average molecular weight is 426 g/mol. The lowest BCUT2D eigenvalue weighted by atomic mass is 9.81. The zero-order chi connectivity index (χ0) is 22.8. The fourth-order valence-corrected chi connectivity index (χ4v) is 3.90. The standard InChI is InChI=1S/C25H35N3O3/c1-5-8-14-28(15-9-6-2)17-19-12-10-11-13-20(19)23-21(16-26)24(27)31-18(4)22(23)25(29)30-7-3/h10-13,23H,5-9,14-15,17,27H2,1-4H3. The number of nitrogens with two attached hydrogens (primary N) is 1. The van der Waals surface area contributed by atoms with Gasteiger partial charge in [-0.05, 0) is 50.9 Å². The van der Waals surface area contributed by atoms with Crippen molar-refractivity contribution in [3.8, 4) is 6.07 Å². The van der Waals surface area contributed by atoms with Gasteiger partial charge in [0, 0.05) is 6.54 Å². The van der Waals surface area contributed by atoms with Gasteiger partial charge in [-0.2, -0.15) is 5.26 Å². The van der Waals surface area contributed by atoms with E-state index in [0.29, 0.717) is 11.3 Å². The molecule has 1 aliphatic rings. The first-order valence-corrected chi connectivity index (χ1v) is 11.2. The van der Waals surface area contributed by atoms with Crippen LogP contribution in [0.1, 0.15) is 70.4 Å². The van der Waals surface area contributed by atoms with Crippen LogP contribution in [0.15, 0.2) is 47.1 Å². The molecular weight excluding hydrogens is 390 g/mol. The minimum atomic E-state index is -0.604. The summed E-state index contributed by atoms with van der Waals surface area (Å²) < 4.78 is 10.9. The monoisotopic (exact) mass is 425 g/mol. The zero-order valence-electron chi connectivity index (χ0n) is 19.2. The first-order chi connectivity index (χ1) is 15.0. The molecule has 6 nitrogen and oxygen atoms in total. The lowest BCUT2D eigenvalue weighted by molar-refractivity contribution is -0.139. The summed E-state index contributed by atoms with van der Waals surface area (Å²) in [4.78, 5) is 15.3. The molecule has 0 saturated heterocycles. The zero-order valence-corrected chi connectivity index (χ0v) is 19.2. The van der Waals surface area contributed by atoms with Gasteiger partial charge in [0.25, 0.3) is 0 Å². The van der Waals surface area contributed by atoms with Crippen molar-refractivity contribution in [1.29, 1.82) is 5.26 Å². The van der Waals surface area contributed by atoms with Gasteiger partial charge in [-0.15, -0.1) is 0 Å². The largest absolute Gasteiger partial charge is 0.463 e. The maximum Gasteiger partial charge on any atom is 0.338 e. The van der Waals surface area contributed by atoms with Crippen LogP contribution >= 0.6 is 0 Å². The Hall–Kier alpha value is -2.78. The number of unbranched alkanes of at least 4 members (excludes halogenated alkanes) is 2. The number of rotatable bonds is 11. The third kappa shape index (κ3) is 6.11. The maximum atomic E-state index is 12.8. The van der Waals surface area contributed by atoms with Crippen molar-refractivity contribution in [3.63, 3.8) is 0 Å². The topological polar surface area (TPSA) is 88.6 Å². The highest BCUT2D eigenvalue weighted by molar-refractivity contribution is 5.92. The second-order valence-corrected chi connectivity index (χ2v) is 7.80. The number of carbonyl (C=O) groups is 1. The van der Waals surface area contributed by atoms with Crippen molar-refractivity contribution < 1.29 is 14.3 Å². The third-order valence-corrected chi connectivity index (χ3v) is 5.52. The van der Waals surface area contributed by atoms with Gasteiger partial charge in [0.1, 0.15) is 17.4 Å². The highest BCUT2D eigenvalue weighted by Gasteiger charge is 2.37. The van der Waals surface area contributed by atoms with Crippen molar-refractivity contribution in [2.24, 2.45) is 5.73 Å². The van der Waals surface area contributed by atoms with Crippen molar-refractivity contribution in [2.45, 2.75) is 65.8 Å². The van der Waals surface area contributed by atoms with Crippen LogP contribution < -0.4 is 5.73 Å². The molecule has 0 bridgehead atoms. The van der Waals surface area contributed by atoms with Crippen molar-refractivity contribution in [2.75, 3.05) is 19.7 Å². The van der Waals surface area contributed by atoms with Crippen LogP contribution in [0.2, 0.25) is 0 Å². The summed E-state index contributed by atoms with van der Waals surface area (Å²) in [6, 6.07) is 10.1. The molecule has 168 valence electrons. The number of carbonyl (C=O) groups excluding carboxylic acids is 1. The van der Waals surface area contributed by atoms with E-state index in [4.69, 9.17) is 15.2 Å². The fraction of sp³-hybridized carbons (Fsp3) is 0.520. The molecule has 0 spiro atoms. The first-order valence-electron chi connectivity index (χ1n) is 11.2. The van der Waals surface area contributed by atoms with E-state index in [-0.39, 0.29) is 18.1 Å². The summed E-state index contributed by atoms with van der Waals surface area (Å²) in [7, 11) is 0. The molecule has 0 aliphatic carbocycles. The minimum absolute atomic E-state index is 0.0432. The third-order valence-electron chi connectivity index (χ3n) is 5.52. The van der Waals surface area contributed by atoms with Crippen LogP contribution in [0.3, 0.4) is 0 Å². The highest BCUT2D eigenvalue weighted by Crippen LogP contribution is 2.41. The quantitative estimate of drug-likeness (QED) is 0.516. The predicted octanol–water partition coefficient (Wildman–Crippen LogP) is 4.73. The van der Waals surface area contributed by atoms with Crippen LogP contribution in [-0.2, 0) is 20.8 Å². The van der Waals surface area contributed by atoms with E-state index in [1.54, 1.807) is 13.8 Å². The molecule has 31 heavy (non-hydrogen) atoms. The second kappa shape index (κ2) is 12.2. The Morgan fingerprint density at radius 3 is 2.42 bits per heavy atom. The van der Waals surface area contributed by atoms with E-state index >= 15 is 0 Å². The normalized spacial score (nSPS) is 16.3. The van der Waals surface area contributed by atoms with Gasteiger partial charge in [-0.1, -0.05) is 51.0 Å². The molecule has 2 rings (SSSR count). The summed E-state index contributed by atoms with van der Waals surface area (Å²) in [6.07, 6.45) is 4.53. The lowest BCUT2D eigenvalue weighted by Crippen LogP contribution is -2.29. The Morgan fingerprint density at radius 1 is 1.19 bits per heavy atom. The number of nitrogens with zero attached hydrogens (tertiary/aromatic N) is 2. The number of hydrogen-bond acceptors (Lipinski definition) is 6. The number of benzene rings is 1. The molecule has 0 saturated carbocycles. The van der Waals surface area contributed by atoms with Crippen molar-refractivity contribution >= 4 is 5.97 Å². The first kappa shape index (κ1) is 24.5. The van der Waals surface area contributed by atoms with Gasteiger partial charge < -0.3 is 15.2 Å². The Morgan fingerprint density at radius 2 is 1.84 bits per heavy atom. The fourth-order valence-electron chi connectivity index (χ4n) is 3.90. The van der Waals surface area contributed by atoms with Crippen LogP contribution in [0.25, 0.3) is 0 Å². The summed E-state index contributed by atoms with van der Waals surface area (Å²) in [5.41, 5.74) is 8.63. The second-order valence-electron chi connectivity index (χ2n) is 7.80. The van der Waals surface area contributed by atoms with E-state index < -0.39 is 11.9 Å². The summed E-state index contributed by atoms with van der Waals surface area (Å²) in [5.74, 6) is -0.660. The van der Waals surface area contributed by atoms with Crippen molar-refractivity contribution in [1.82, 2.24) is 4.90 Å². The van der Waals surface area contributed by atoms with Gasteiger partial charge in [0.05, 0.1) is 18.1 Å². The van der Waals surface area contributed by atoms with Gasteiger partial charge in [-0.3, -0.25) is 4.90 Å². The molecule has 0 aromatic heterocycles. The Kier molecular flexibility index (Phi) is 9.61. The smallest absolute Gasteiger partial charge is 0.338 e. The molecule has 1 aromatic carbocycles. The molecule has 1 heterocycles. The molecule has 0 fully saturated rings. The lowest BCUT2D eigenvalue weighted by Gasteiger charge is -2.30. The molecule has 1 aromatic rings. The summed E-state index contributed by atoms with van der Waals surface area (Å²) in [6.45, 7) is 10.9. The SMILES string of the molecule is CCCCN(CCCC)Cc1ccccc1C1C(C#N)=C(N)OC(C)=C1C(=O)OCC. The predicted molar refractivity (Wildman–Crippen MR) is 122 cm³/mol. The Balaban J connectivity index is 2.52. The van der Waals surface area contributed by atoms with Gasteiger partial charge >= 0.3 is 5.97 Å². The van der Waals surface area contributed by atoms with Gasteiger partial charge in [0.15, 0.2) is 0 Å². The summed E-state index contributed by atoms with van der Waals surface area (Å²) >= 11 is 0. The molecule has 6 heteroatoms. The maximum absolute atomic E-state index is 12.8. The molecule has 1 unspecified atom stereocenters. The van der Waals surface area contributed by atoms with E-state index in [2.05, 4.69) is 30.9 Å². The van der Waals surface area contributed by atoms with Crippen LogP contribution in [0.5, 0.6) is 0 Å². The van der Waals surface area contributed by atoms with E-state index in [1.165, 1.54) is 0 Å². The van der Waals surface area contributed by atoms with Crippen molar-refractivity contribution in [3.05, 3.63) is 58.2 Å². The van der Waals surface area contributed by atoms with Gasteiger partial charge in [0.2, 0.25) is 5.88 Å². The van der Waals surface area contributed by atoms with Crippen LogP contribution in [0, 0.1) is 11.3 Å². The van der Waals surface area contributed by atoms with E-state index in [1.807, 2.05) is 18.2 Å². The molecule has 0 radical (unpaired) electrons. The van der Waals surface area contributed by atoms with Gasteiger partial charge in [-0.25, -0.2) is 4.79 Å². The van der Waals surface area contributed by atoms with Crippen LogP contribution in [-0.4, -0.2) is 30.6 Å². The number of nitriles is 1. The number of esters is 1.